The lowest BCUT2D eigenvalue weighted by Gasteiger charge is -2.08. The number of carbonyl (C=O) groups excluding carboxylic acids is 2. The summed E-state index contributed by atoms with van der Waals surface area (Å²) in [6, 6.07) is 8.68. The molecule has 0 radical (unpaired) electrons. The predicted octanol–water partition coefficient (Wildman–Crippen LogP) is 2.82. The zero-order valence-electron chi connectivity index (χ0n) is 16.9. The first-order valence-corrected chi connectivity index (χ1v) is 9.58. The Bertz CT molecular complexity index is 1010. The van der Waals surface area contributed by atoms with Crippen LogP contribution in [0.2, 0.25) is 0 Å². The summed E-state index contributed by atoms with van der Waals surface area (Å²) in [6.07, 6.45) is 3.62. The van der Waals surface area contributed by atoms with Gasteiger partial charge in [0.1, 0.15) is 5.75 Å². The third kappa shape index (κ3) is 5.10. The molecular weight excluding hydrogens is 370 g/mol. The van der Waals surface area contributed by atoms with Gasteiger partial charge in [-0.05, 0) is 43.7 Å². The van der Waals surface area contributed by atoms with E-state index in [0.717, 1.165) is 35.3 Å². The van der Waals surface area contributed by atoms with Crippen LogP contribution in [-0.2, 0) is 11.8 Å². The summed E-state index contributed by atoms with van der Waals surface area (Å²) in [5, 5.41) is 10.5. The number of nitrogens with one attached hydrogen (secondary N) is 2. The summed E-state index contributed by atoms with van der Waals surface area (Å²) in [5.41, 5.74) is 2.61. The first-order valence-electron chi connectivity index (χ1n) is 9.58. The Balaban J connectivity index is 1.52. The minimum Gasteiger partial charge on any atom is -0.494 e. The Morgan fingerprint density at radius 2 is 1.97 bits per heavy atom. The van der Waals surface area contributed by atoms with Gasteiger partial charge in [-0.3, -0.25) is 14.3 Å². The highest BCUT2D eigenvalue weighted by atomic mass is 16.5. The zero-order valence-corrected chi connectivity index (χ0v) is 16.9. The number of anilines is 1. The number of hydrogen-bond acceptors (Lipinski definition) is 5. The van der Waals surface area contributed by atoms with Crippen LogP contribution in [0.5, 0.6) is 5.75 Å². The van der Waals surface area contributed by atoms with Gasteiger partial charge < -0.3 is 15.4 Å². The molecule has 3 aromatic rings. The molecule has 1 aromatic carbocycles. The van der Waals surface area contributed by atoms with Gasteiger partial charge in [-0.15, -0.1) is 0 Å². The molecule has 8 heteroatoms. The maximum atomic E-state index is 12.2. The van der Waals surface area contributed by atoms with E-state index in [4.69, 9.17) is 4.74 Å². The molecule has 2 N–H and O–H groups in total. The van der Waals surface area contributed by atoms with E-state index in [1.165, 1.54) is 0 Å². The Kier molecular flexibility index (Phi) is 6.43. The van der Waals surface area contributed by atoms with Crippen molar-refractivity contribution >= 4 is 28.5 Å². The SMILES string of the molecule is CCCCOc1ccc(C(=O)NCC(=O)Nc2cnc3c(c2)c(C)nn3C)cc1. The first-order chi connectivity index (χ1) is 14.0. The van der Waals surface area contributed by atoms with Crippen LogP contribution in [0.25, 0.3) is 11.0 Å². The van der Waals surface area contributed by atoms with Crippen LogP contribution in [0.15, 0.2) is 36.5 Å². The molecule has 29 heavy (non-hydrogen) atoms. The third-order valence-corrected chi connectivity index (χ3v) is 4.44. The largest absolute Gasteiger partial charge is 0.494 e. The molecule has 2 amide bonds. The number of benzene rings is 1. The zero-order chi connectivity index (χ0) is 20.8. The first kappa shape index (κ1) is 20.3. The van der Waals surface area contributed by atoms with Gasteiger partial charge in [-0.1, -0.05) is 13.3 Å². The Labute approximate surface area is 169 Å². The van der Waals surface area contributed by atoms with Crippen molar-refractivity contribution in [3.63, 3.8) is 0 Å². The van der Waals surface area contributed by atoms with Gasteiger partial charge in [0.2, 0.25) is 5.91 Å². The Morgan fingerprint density at radius 3 is 2.69 bits per heavy atom. The fraction of sp³-hybridized carbons (Fsp3) is 0.333. The number of carbonyl (C=O) groups is 2. The third-order valence-electron chi connectivity index (χ3n) is 4.44. The number of aromatic nitrogens is 3. The highest BCUT2D eigenvalue weighted by molar-refractivity contribution is 5.99. The van der Waals surface area contributed by atoms with E-state index in [0.29, 0.717) is 17.9 Å². The van der Waals surface area contributed by atoms with Crippen LogP contribution in [0.3, 0.4) is 0 Å². The molecule has 0 bridgehead atoms. The number of nitrogens with zero attached hydrogens (tertiary/aromatic N) is 3. The summed E-state index contributed by atoms with van der Waals surface area (Å²) in [5.74, 6) is 0.0684. The molecule has 0 unspecified atom stereocenters. The molecule has 0 spiro atoms. The van der Waals surface area contributed by atoms with E-state index in [9.17, 15) is 9.59 Å². The molecule has 0 aliphatic heterocycles. The topological polar surface area (TPSA) is 98.1 Å². The van der Waals surface area contributed by atoms with E-state index in [1.54, 1.807) is 35.1 Å². The normalized spacial score (nSPS) is 10.7. The van der Waals surface area contributed by atoms with Crippen LogP contribution < -0.4 is 15.4 Å². The van der Waals surface area contributed by atoms with Crippen molar-refractivity contribution in [3.8, 4) is 5.75 Å². The minimum absolute atomic E-state index is 0.141. The van der Waals surface area contributed by atoms with Crippen molar-refractivity contribution in [1.29, 1.82) is 0 Å². The van der Waals surface area contributed by atoms with Crippen molar-refractivity contribution in [3.05, 3.63) is 47.8 Å². The van der Waals surface area contributed by atoms with Gasteiger partial charge >= 0.3 is 0 Å². The van der Waals surface area contributed by atoms with E-state index in [2.05, 4.69) is 27.6 Å². The maximum absolute atomic E-state index is 12.2. The van der Waals surface area contributed by atoms with E-state index in [1.807, 2.05) is 20.0 Å². The number of rotatable bonds is 8. The lowest BCUT2D eigenvalue weighted by molar-refractivity contribution is -0.115. The van der Waals surface area contributed by atoms with Crippen molar-refractivity contribution in [2.75, 3.05) is 18.5 Å². The molecule has 2 heterocycles. The molecule has 2 aromatic heterocycles. The second-order valence-corrected chi connectivity index (χ2v) is 6.76. The monoisotopic (exact) mass is 395 g/mol. The van der Waals surface area contributed by atoms with Crippen LogP contribution in [0, 0.1) is 6.92 Å². The fourth-order valence-corrected chi connectivity index (χ4v) is 2.88. The molecule has 152 valence electrons. The molecule has 0 fully saturated rings. The van der Waals surface area contributed by atoms with Crippen molar-refractivity contribution in [1.82, 2.24) is 20.1 Å². The molecule has 8 nitrogen and oxygen atoms in total. The number of aryl methyl sites for hydroxylation is 2. The molecular formula is C21H25N5O3. The minimum atomic E-state index is -0.333. The highest BCUT2D eigenvalue weighted by Crippen LogP contribution is 2.19. The lowest BCUT2D eigenvalue weighted by Crippen LogP contribution is -2.32. The quantitative estimate of drug-likeness (QED) is 0.572. The number of unbranched alkanes of at least 4 members (excludes halogenated alkanes) is 1. The van der Waals surface area contributed by atoms with Crippen LogP contribution in [-0.4, -0.2) is 39.7 Å². The summed E-state index contributed by atoms with van der Waals surface area (Å²) >= 11 is 0. The average Bonchev–Trinajstić information content (AvgIpc) is 3.00. The summed E-state index contributed by atoms with van der Waals surface area (Å²) in [4.78, 5) is 28.7. The van der Waals surface area contributed by atoms with Crippen molar-refractivity contribution < 1.29 is 14.3 Å². The van der Waals surface area contributed by atoms with Gasteiger partial charge in [0.15, 0.2) is 5.65 Å². The van der Waals surface area contributed by atoms with Crippen LogP contribution in [0.1, 0.15) is 35.8 Å². The van der Waals surface area contributed by atoms with Gasteiger partial charge in [0.05, 0.1) is 30.7 Å². The number of pyridine rings is 1. The van der Waals surface area contributed by atoms with E-state index >= 15 is 0 Å². The number of fused-ring (bicyclic) bond motifs is 1. The lowest BCUT2D eigenvalue weighted by atomic mass is 10.2. The van der Waals surface area contributed by atoms with Crippen molar-refractivity contribution in [2.45, 2.75) is 26.7 Å². The Hall–Kier alpha value is -3.42. The molecule has 0 aliphatic carbocycles. The summed E-state index contributed by atoms with van der Waals surface area (Å²) < 4.78 is 7.27. The molecule has 3 rings (SSSR count). The molecule has 0 saturated heterocycles. The number of amides is 2. The van der Waals surface area contributed by atoms with Crippen LogP contribution >= 0.6 is 0 Å². The summed E-state index contributed by atoms with van der Waals surface area (Å²) in [7, 11) is 1.82. The summed E-state index contributed by atoms with van der Waals surface area (Å²) in [6.45, 7) is 4.50. The predicted molar refractivity (Wildman–Crippen MR) is 111 cm³/mol. The Morgan fingerprint density at radius 1 is 1.21 bits per heavy atom. The molecule has 0 atom stereocenters. The van der Waals surface area contributed by atoms with Crippen LogP contribution in [0.4, 0.5) is 5.69 Å². The van der Waals surface area contributed by atoms with Gasteiger partial charge in [0, 0.05) is 18.0 Å². The average molecular weight is 395 g/mol. The van der Waals surface area contributed by atoms with Gasteiger partial charge in [0.25, 0.3) is 5.91 Å². The van der Waals surface area contributed by atoms with E-state index in [-0.39, 0.29) is 18.4 Å². The second kappa shape index (κ2) is 9.18. The van der Waals surface area contributed by atoms with Gasteiger partial charge in [-0.2, -0.15) is 5.10 Å². The molecule has 0 aliphatic rings. The standard InChI is InChI=1S/C21H25N5O3/c1-4-5-10-29-17-8-6-15(7-9-17)21(28)23-13-19(27)24-16-11-18-14(2)25-26(3)20(18)22-12-16/h6-9,11-12H,4-5,10,13H2,1-3H3,(H,23,28)(H,24,27). The maximum Gasteiger partial charge on any atom is 0.251 e. The number of hydrogen-bond donors (Lipinski definition) is 2. The highest BCUT2D eigenvalue weighted by Gasteiger charge is 2.11. The smallest absolute Gasteiger partial charge is 0.251 e. The van der Waals surface area contributed by atoms with E-state index < -0.39 is 0 Å². The molecule has 0 saturated carbocycles. The fourth-order valence-electron chi connectivity index (χ4n) is 2.88. The number of ether oxygens (including phenoxy) is 1. The van der Waals surface area contributed by atoms with Crippen molar-refractivity contribution in [2.24, 2.45) is 7.05 Å². The van der Waals surface area contributed by atoms with Gasteiger partial charge in [-0.25, -0.2) is 4.98 Å². The second-order valence-electron chi connectivity index (χ2n) is 6.76.